The molecule has 2 N–H and O–H groups in total. The predicted octanol–water partition coefficient (Wildman–Crippen LogP) is 3.31. The van der Waals surface area contributed by atoms with Crippen molar-refractivity contribution in [2.24, 2.45) is 0 Å². The molecule has 8 heteroatoms. The first-order chi connectivity index (χ1) is 14.7. The summed E-state index contributed by atoms with van der Waals surface area (Å²) in [5.41, 5.74) is 2.04. The van der Waals surface area contributed by atoms with Gasteiger partial charge in [0.15, 0.2) is 10.2 Å². The van der Waals surface area contributed by atoms with Gasteiger partial charge in [-0.3, -0.25) is 4.79 Å². The number of carbonyl (C=O) groups is 1. The van der Waals surface area contributed by atoms with Crippen molar-refractivity contribution in [3.05, 3.63) is 59.7 Å². The number of rotatable bonds is 12. The second-order valence-electron chi connectivity index (χ2n) is 7.38. The lowest BCUT2D eigenvalue weighted by Gasteiger charge is -2.26. The SMILES string of the molecule is CC(C)(c1ccc(OCCO)cc1)c1ccc(OCCOC(=S)C(O)CC(=O)S)cc1. The Morgan fingerprint density at radius 3 is 1.90 bits per heavy atom. The standard InChI is InChI=1S/C23H28O6S2/c1-23(2,16-3-7-18(8-4-16)27-12-11-24)17-5-9-19(10-6-17)28-13-14-29-22(31)20(25)15-21(26)30/h3-10,20,24-25H,11-15H2,1-2H3,(H,26,30). The molecule has 0 aliphatic rings. The summed E-state index contributed by atoms with van der Waals surface area (Å²) in [5.74, 6) is 1.41. The van der Waals surface area contributed by atoms with E-state index >= 15 is 0 Å². The Kier molecular flexibility index (Phi) is 9.77. The molecule has 6 nitrogen and oxygen atoms in total. The van der Waals surface area contributed by atoms with Crippen LogP contribution in [0.4, 0.5) is 0 Å². The Balaban J connectivity index is 1.87. The van der Waals surface area contributed by atoms with Crippen molar-refractivity contribution < 1.29 is 29.2 Å². The molecule has 0 radical (unpaired) electrons. The fourth-order valence-corrected chi connectivity index (χ4v) is 3.25. The van der Waals surface area contributed by atoms with Gasteiger partial charge in [-0.25, -0.2) is 0 Å². The summed E-state index contributed by atoms with van der Waals surface area (Å²) in [4.78, 5) is 10.9. The molecule has 0 spiro atoms. The summed E-state index contributed by atoms with van der Waals surface area (Å²) < 4.78 is 16.3. The molecule has 0 aromatic heterocycles. The van der Waals surface area contributed by atoms with Gasteiger partial charge in [0.2, 0.25) is 0 Å². The average Bonchev–Trinajstić information content (AvgIpc) is 2.75. The fourth-order valence-electron chi connectivity index (χ4n) is 2.91. The van der Waals surface area contributed by atoms with Gasteiger partial charge in [0.05, 0.1) is 13.0 Å². The minimum absolute atomic E-state index is 0.0144. The Bertz CT molecular complexity index is 849. The van der Waals surface area contributed by atoms with Crippen molar-refractivity contribution in [3.63, 3.8) is 0 Å². The molecule has 2 rings (SSSR count). The van der Waals surface area contributed by atoms with E-state index in [-0.39, 0.29) is 43.3 Å². The van der Waals surface area contributed by atoms with E-state index in [2.05, 4.69) is 26.5 Å². The monoisotopic (exact) mass is 464 g/mol. The molecule has 2 aromatic rings. The predicted molar refractivity (Wildman–Crippen MR) is 126 cm³/mol. The van der Waals surface area contributed by atoms with Gasteiger partial charge < -0.3 is 24.4 Å². The molecule has 0 saturated heterocycles. The van der Waals surface area contributed by atoms with Crippen LogP contribution in [0.15, 0.2) is 48.5 Å². The van der Waals surface area contributed by atoms with Gasteiger partial charge in [0.25, 0.3) is 0 Å². The van der Waals surface area contributed by atoms with Crippen molar-refractivity contribution in [1.29, 1.82) is 0 Å². The normalized spacial score (nSPS) is 12.2. The van der Waals surface area contributed by atoms with E-state index in [0.29, 0.717) is 5.75 Å². The van der Waals surface area contributed by atoms with Gasteiger partial charge in [0.1, 0.15) is 37.4 Å². The molecule has 2 aromatic carbocycles. The van der Waals surface area contributed by atoms with E-state index in [1.807, 2.05) is 48.5 Å². The van der Waals surface area contributed by atoms with Crippen LogP contribution in [0, 0.1) is 0 Å². The molecule has 0 aliphatic carbocycles. The number of aliphatic hydroxyl groups excluding tert-OH is 2. The van der Waals surface area contributed by atoms with Crippen LogP contribution in [0.1, 0.15) is 31.4 Å². The molecule has 0 aliphatic heterocycles. The molecule has 0 amide bonds. The molecule has 31 heavy (non-hydrogen) atoms. The highest BCUT2D eigenvalue weighted by atomic mass is 32.1. The quantitative estimate of drug-likeness (QED) is 0.252. The van der Waals surface area contributed by atoms with Crippen LogP contribution in [0.25, 0.3) is 0 Å². The van der Waals surface area contributed by atoms with Crippen molar-refractivity contribution in [2.75, 3.05) is 26.4 Å². The Labute approximate surface area is 193 Å². The molecular formula is C23H28O6S2. The summed E-state index contributed by atoms with van der Waals surface area (Å²) in [7, 11) is 0. The number of hydrogen-bond donors (Lipinski definition) is 3. The van der Waals surface area contributed by atoms with E-state index in [0.717, 1.165) is 16.9 Å². The lowest BCUT2D eigenvalue weighted by molar-refractivity contribution is -0.111. The van der Waals surface area contributed by atoms with Crippen LogP contribution in [0.3, 0.4) is 0 Å². The molecular weight excluding hydrogens is 436 g/mol. The molecule has 168 valence electrons. The second kappa shape index (κ2) is 12.0. The zero-order chi connectivity index (χ0) is 22.9. The zero-order valence-electron chi connectivity index (χ0n) is 17.6. The van der Waals surface area contributed by atoms with Gasteiger partial charge in [0, 0.05) is 5.41 Å². The van der Waals surface area contributed by atoms with Crippen molar-refractivity contribution in [1.82, 2.24) is 0 Å². The van der Waals surface area contributed by atoms with E-state index < -0.39 is 11.2 Å². The fraction of sp³-hybridized carbons (Fsp3) is 0.391. The summed E-state index contributed by atoms with van der Waals surface area (Å²) in [5, 5.41) is 18.0. The maximum atomic E-state index is 10.9. The van der Waals surface area contributed by atoms with Crippen LogP contribution in [-0.2, 0) is 14.9 Å². The Morgan fingerprint density at radius 2 is 1.45 bits per heavy atom. The van der Waals surface area contributed by atoms with Gasteiger partial charge in [-0.1, -0.05) is 38.1 Å². The first-order valence-corrected chi connectivity index (χ1v) is 10.7. The number of benzene rings is 2. The number of thiocarbonyl (C=S) groups is 1. The van der Waals surface area contributed by atoms with Crippen molar-refractivity contribution in [2.45, 2.75) is 31.8 Å². The zero-order valence-corrected chi connectivity index (χ0v) is 19.3. The van der Waals surface area contributed by atoms with Crippen LogP contribution < -0.4 is 9.47 Å². The first kappa shape index (κ1) is 25.1. The number of thiol groups is 1. The molecule has 1 atom stereocenters. The van der Waals surface area contributed by atoms with Gasteiger partial charge >= 0.3 is 0 Å². The topological polar surface area (TPSA) is 85.2 Å². The Morgan fingerprint density at radius 1 is 0.968 bits per heavy atom. The van der Waals surface area contributed by atoms with Crippen LogP contribution in [-0.4, -0.2) is 52.9 Å². The van der Waals surface area contributed by atoms with Crippen LogP contribution in [0.2, 0.25) is 0 Å². The number of carbonyl (C=O) groups excluding carboxylic acids is 1. The molecule has 0 fully saturated rings. The summed E-state index contributed by atoms with van der Waals surface area (Å²) in [6, 6.07) is 15.7. The summed E-state index contributed by atoms with van der Waals surface area (Å²) >= 11 is 8.53. The first-order valence-electron chi connectivity index (χ1n) is 9.88. The molecule has 0 bridgehead atoms. The summed E-state index contributed by atoms with van der Waals surface area (Å²) in [6.07, 6.45) is -1.32. The minimum Gasteiger partial charge on any atom is -0.491 e. The maximum absolute atomic E-state index is 10.9. The highest BCUT2D eigenvalue weighted by Crippen LogP contribution is 2.33. The largest absolute Gasteiger partial charge is 0.491 e. The van der Waals surface area contributed by atoms with E-state index in [1.54, 1.807) is 0 Å². The minimum atomic E-state index is -1.14. The molecule has 0 heterocycles. The number of aliphatic hydroxyl groups is 2. The van der Waals surface area contributed by atoms with Crippen LogP contribution >= 0.6 is 24.8 Å². The summed E-state index contributed by atoms with van der Waals surface area (Å²) in [6.45, 7) is 4.95. The maximum Gasteiger partial charge on any atom is 0.189 e. The van der Waals surface area contributed by atoms with Crippen molar-refractivity contribution in [3.8, 4) is 11.5 Å². The highest BCUT2D eigenvalue weighted by Gasteiger charge is 2.23. The lowest BCUT2D eigenvalue weighted by atomic mass is 9.78. The smallest absolute Gasteiger partial charge is 0.189 e. The van der Waals surface area contributed by atoms with Crippen molar-refractivity contribution >= 4 is 35.0 Å². The third kappa shape index (κ3) is 7.81. The third-order valence-corrected chi connectivity index (χ3v) is 5.32. The Hall–Kier alpha value is -2.13. The average molecular weight is 465 g/mol. The van der Waals surface area contributed by atoms with E-state index in [1.165, 1.54) is 0 Å². The van der Waals surface area contributed by atoms with Gasteiger partial charge in [-0.05, 0) is 47.6 Å². The molecule has 0 saturated carbocycles. The van der Waals surface area contributed by atoms with E-state index in [4.69, 9.17) is 31.5 Å². The lowest BCUT2D eigenvalue weighted by Crippen LogP contribution is -2.24. The second-order valence-corrected chi connectivity index (χ2v) is 8.28. The van der Waals surface area contributed by atoms with Crippen LogP contribution in [0.5, 0.6) is 11.5 Å². The highest BCUT2D eigenvalue weighted by molar-refractivity contribution is 7.96. The number of ether oxygens (including phenoxy) is 3. The third-order valence-electron chi connectivity index (χ3n) is 4.75. The van der Waals surface area contributed by atoms with E-state index in [9.17, 15) is 9.90 Å². The molecule has 1 unspecified atom stereocenters. The van der Waals surface area contributed by atoms with Gasteiger partial charge in [-0.2, -0.15) is 0 Å². The van der Waals surface area contributed by atoms with Gasteiger partial charge in [-0.15, -0.1) is 12.6 Å². The number of hydrogen-bond acceptors (Lipinski definition) is 7.